The molecule has 0 heterocycles. The first-order valence-electron chi connectivity index (χ1n) is 7.29. The van der Waals surface area contributed by atoms with Crippen LogP contribution in [0.2, 0.25) is 0 Å². The van der Waals surface area contributed by atoms with Crippen LogP contribution >= 0.6 is 0 Å². The second-order valence-electron chi connectivity index (χ2n) is 4.93. The van der Waals surface area contributed by atoms with Crippen molar-refractivity contribution in [1.29, 1.82) is 0 Å². The van der Waals surface area contributed by atoms with Crippen molar-refractivity contribution in [2.45, 2.75) is 45.4 Å². The predicted molar refractivity (Wildman–Crippen MR) is 79.7 cm³/mol. The third kappa shape index (κ3) is 6.06. The second kappa shape index (κ2) is 9.27. The molecular formula is C17H22F2O2. The maximum atomic E-state index is 13.8. The zero-order valence-corrected chi connectivity index (χ0v) is 12.6. The van der Waals surface area contributed by atoms with Crippen molar-refractivity contribution in [3.8, 4) is 0 Å². The molecule has 0 aliphatic heterocycles. The summed E-state index contributed by atoms with van der Waals surface area (Å²) in [5.74, 6) is -1.30. The Bertz CT molecular complexity index is 496. The first-order valence-corrected chi connectivity index (χ1v) is 7.29. The number of ether oxygens (including phenoxy) is 1. The van der Waals surface area contributed by atoms with Crippen LogP contribution in [0.5, 0.6) is 0 Å². The molecule has 1 aromatic rings. The number of esters is 1. The number of unbranched alkanes of at least 4 members (excludes halogenated alkanes) is 2. The van der Waals surface area contributed by atoms with E-state index in [9.17, 15) is 13.6 Å². The predicted octanol–water partition coefficient (Wildman–Crippen LogP) is 4.88. The van der Waals surface area contributed by atoms with Gasteiger partial charge in [-0.05, 0) is 43.4 Å². The summed E-state index contributed by atoms with van der Waals surface area (Å²) in [7, 11) is 1.37. The fourth-order valence-electron chi connectivity index (χ4n) is 2.16. The molecule has 2 nitrogen and oxygen atoms in total. The standard InChI is InChI=1S/C17H22F2O2/c1-3-7-13(8-5-4-6-9-17(20)21-2)15-11-10-14(18)12-16(15)19/h8,10-12H,3-7,9H2,1-2H3. The van der Waals surface area contributed by atoms with E-state index in [0.717, 1.165) is 43.7 Å². The van der Waals surface area contributed by atoms with E-state index in [-0.39, 0.29) is 5.97 Å². The molecule has 0 atom stereocenters. The van der Waals surface area contributed by atoms with Crippen molar-refractivity contribution in [3.63, 3.8) is 0 Å². The monoisotopic (exact) mass is 296 g/mol. The smallest absolute Gasteiger partial charge is 0.305 e. The first-order chi connectivity index (χ1) is 10.1. The van der Waals surface area contributed by atoms with E-state index >= 15 is 0 Å². The number of methoxy groups -OCH3 is 1. The molecule has 0 spiro atoms. The summed E-state index contributed by atoms with van der Waals surface area (Å²) < 4.78 is 31.3. The number of carbonyl (C=O) groups excluding carboxylic acids is 1. The Labute approximate surface area is 124 Å². The summed E-state index contributed by atoms with van der Waals surface area (Å²) in [6, 6.07) is 3.68. The van der Waals surface area contributed by atoms with Gasteiger partial charge in [-0.15, -0.1) is 0 Å². The Morgan fingerprint density at radius 2 is 2.00 bits per heavy atom. The van der Waals surface area contributed by atoms with Gasteiger partial charge in [-0.1, -0.05) is 19.4 Å². The number of hydrogen-bond acceptors (Lipinski definition) is 2. The maximum absolute atomic E-state index is 13.8. The van der Waals surface area contributed by atoms with Crippen molar-refractivity contribution in [2.75, 3.05) is 7.11 Å². The Kier molecular flexibility index (Phi) is 7.65. The summed E-state index contributed by atoms with van der Waals surface area (Å²) >= 11 is 0. The number of hydrogen-bond donors (Lipinski definition) is 0. The van der Waals surface area contributed by atoms with Crippen LogP contribution in [0.3, 0.4) is 0 Å². The average Bonchev–Trinajstić information content (AvgIpc) is 2.46. The lowest BCUT2D eigenvalue weighted by molar-refractivity contribution is -0.140. The molecule has 0 fully saturated rings. The van der Waals surface area contributed by atoms with Gasteiger partial charge in [-0.2, -0.15) is 0 Å². The van der Waals surface area contributed by atoms with Crippen LogP contribution in [0.4, 0.5) is 8.78 Å². The Balaban J connectivity index is 2.63. The lowest BCUT2D eigenvalue weighted by Gasteiger charge is -2.08. The van der Waals surface area contributed by atoms with Crippen molar-refractivity contribution in [2.24, 2.45) is 0 Å². The number of allylic oxidation sites excluding steroid dienone is 2. The summed E-state index contributed by atoms with van der Waals surface area (Å²) in [4.78, 5) is 11.0. The summed E-state index contributed by atoms with van der Waals surface area (Å²) in [6.45, 7) is 2.02. The van der Waals surface area contributed by atoms with Gasteiger partial charge in [0.25, 0.3) is 0 Å². The maximum Gasteiger partial charge on any atom is 0.305 e. The topological polar surface area (TPSA) is 26.3 Å². The fraction of sp³-hybridized carbons (Fsp3) is 0.471. The molecule has 0 radical (unpaired) electrons. The fourth-order valence-corrected chi connectivity index (χ4v) is 2.16. The molecule has 0 aliphatic carbocycles. The summed E-state index contributed by atoms with van der Waals surface area (Å²) in [6.07, 6.45) is 6.38. The van der Waals surface area contributed by atoms with E-state index in [1.165, 1.54) is 19.2 Å². The molecule has 116 valence electrons. The Morgan fingerprint density at radius 1 is 1.24 bits per heavy atom. The van der Waals surface area contributed by atoms with E-state index < -0.39 is 11.6 Å². The van der Waals surface area contributed by atoms with Gasteiger partial charge in [0, 0.05) is 18.1 Å². The van der Waals surface area contributed by atoms with Crippen LogP contribution in [0.15, 0.2) is 24.3 Å². The van der Waals surface area contributed by atoms with E-state index in [0.29, 0.717) is 12.0 Å². The highest BCUT2D eigenvalue weighted by Gasteiger charge is 2.08. The SMILES string of the molecule is CCCC(=CCCCCC(=O)OC)c1ccc(F)cc1F. The van der Waals surface area contributed by atoms with Crippen molar-refractivity contribution >= 4 is 11.5 Å². The minimum absolute atomic E-state index is 0.211. The van der Waals surface area contributed by atoms with Crippen LogP contribution < -0.4 is 0 Å². The third-order valence-electron chi connectivity index (χ3n) is 3.25. The molecule has 0 bridgehead atoms. The van der Waals surface area contributed by atoms with Gasteiger partial charge in [0.15, 0.2) is 0 Å². The highest BCUT2D eigenvalue weighted by atomic mass is 19.1. The van der Waals surface area contributed by atoms with Gasteiger partial charge >= 0.3 is 5.97 Å². The first kappa shape index (κ1) is 17.3. The lowest BCUT2D eigenvalue weighted by Crippen LogP contribution is -1.99. The van der Waals surface area contributed by atoms with E-state index in [1.54, 1.807) is 0 Å². The van der Waals surface area contributed by atoms with Crippen LogP contribution in [-0.4, -0.2) is 13.1 Å². The van der Waals surface area contributed by atoms with Gasteiger partial charge in [0.1, 0.15) is 11.6 Å². The molecule has 0 N–H and O–H groups in total. The van der Waals surface area contributed by atoms with Crippen molar-refractivity contribution in [1.82, 2.24) is 0 Å². The molecule has 4 heteroatoms. The highest BCUT2D eigenvalue weighted by molar-refractivity contribution is 5.69. The van der Waals surface area contributed by atoms with Gasteiger partial charge in [0.05, 0.1) is 7.11 Å². The van der Waals surface area contributed by atoms with Gasteiger partial charge in [-0.3, -0.25) is 4.79 Å². The Morgan fingerprint density at radius 3 is 2.62 bits per heavy atom. The second-order valence-corrected chi connectivity index (χ2v) is 4.93. The Hall–Kier alpha value is -1.71. The van der Waals surface area contributed by atoms with E-state index in [4.69, 9.17) is 0 Å². The quantitative estimate of drug-likeness (QED) is 0.505. The molecule has 1 aromatic carbocycles. The largest absolute Gasteiger partial charge is 0.469 e. The number of halogens is 2. The molecule has 1 rings (SSSR count). The van der Waals surface area contributed by atoms with Crippen molar-refractivity contribution < 1.29 is 18.3 Å². The van der Waals surface area contributed by atoms with Gasteiger partial charge < -0.3 is 4.74 Å². The summed E-state index contributed by atoms with van der Waals surface area (Å²) in [5.41, 5.74) is 1.36. The molecule has 0 saturated carbocycles. The van der Waals surface area contributed by atoms with Gasteiger partial charge in [-0.25, -0.2) is 8.78 Å². The van der Waals surface area contributed by atoms with Crippen molar-refractivity contribution in [3.05, 3.63) is 41.5 Å². The molecule has 0 amide bonds. The highest BCUT2D eigenvalue weighted by Crippen LogP contribution is 2.24. The molecule has 0 unspecified atom stereocenters. The lowest BCUT2D eigenvalue weighted by atomic mass is 9.98. The minimum Gasteiger partial charge on any atom is -0.469 e. The molecule has 21 heavy (non-hydrogen) atoms. The average molecular weight is 296 g/mol. The minimum atomic E-state index is -0.565. The van der Waals surface area contributed by atoms with E-state index in [1.807, 2.05) is 13.0 Å². The molecule has 0 aromatic heterocycles. The summed E-state index contributed by atoms with van der Waals surface area (Å²) in [5, 5.41) is 0. The molecule has 0 aliphatic rings. The zero-order valence-electron chi connectivity index (χ0n) is 12.6. The van der Waals surface area contributed by atoms with Gasteiger partial charge in [0.2, 0.25) is 0 Å². The van der Waals surface area contributed by atoms with Crippen LogP contribution in [0.25, 0.3) is 5.57 Å². The van der Waals surface area contributed by atoms with Crippen LogP contribution in [0, 0.1) is 11.6 Å². The number of rotatable bonds is 8. The normalized spacial score (nSPS) is 11.5. The number of benzene rings is 1. The zero-order chi connectivity index (χ0) is 15.7. The molecular weight excluding hydrogens is 274 g/mol. The third-order valence-corrected chi connectivity index (χ3v) is 3.25. The van der Waals surface area contributed by atoms with Crippen LogP contribution in [-0.2, 0) is 9.53 Å². The number of carbonyl (C=O) groups is 1. The molecule has 0 saturated heterocycles. The van der Waals surface area contributed by atoms with E-state index in [2.05, 4.69) is 4.74 Å². The van der Waals surface area contributed by atoms with Crippen LogP contribution in [0.1, 0.15) is 51.0 Å².